The maximum atomic E-state index is 12.5. The summed E-state index contributed by atoms with van der Waals surface area (Å²) in [5.74, 6) is -0.112. The fraction of sp³-hybridized carbons (Fsp3) is 0.231. The second-order valence-electron chi connectivity index (χ2n) is 8.33. The van der Waals surface area contributed by atoms with Crippen molar-refractivity contribution >= 4 is 17.3 Å². The Morgan fingerprint density at radius 2 is 1.47 bits per heavy atom. The Morgan fingerprint density at radius 3 is 2.03 bits per heavy atom. The van der Waals surface area contributed by atoms with Crippen molar-refractivity contribution in [3.63, 3.8) is 0 Å². The van der Waals surface area contributed by atoms with Gasteiger partial charge in [0.05, 0.1) is 23.5 Å². The monoisotopic (exact) mass is 398 g/mol. The molecule has 30 heavy (non-hydrogen) atoms. The van der Waals surface area contributed by atoms with E-state index in [1.54, 1.807) is 13.8 Å². The lowest BCUT2D eigenvalue weighted by Gasteiger charge is -2.41. The molecule has 1 aliphatic rings. The van der Waals surface area contributed by atoms with E-state index >= 15 is 0 Å². The molecule has 1 heterocycles. The molecule has 4 rings (SSSR count). The number of ether oxygens (including phenoxy) is 1. The van der Waals surface area contributed by atoms with Gasteiger partial charge in [-0.2, -0.15) is 0 Å². The first-order chi connectivity index (χ1) is 14.4. The highest BCUT2D eigenvalue weighted by atomic mass is 16.5. The van der Waals surface area contributed by atoms with Crippen molar-refractivity contribution in [3.05, 3.63) is 102 Å². The number of nitrogens with zero attached hydrogens (tertiary/aromatic N) is 1. The summed E-state index contributed by atoms with van der Waals surface area (Å²) >= 11 is 0. The fourth-order valence-corrected chi connectivity index (χ4v) is 3.52. The van der Waals surface area contributed by atoms with Gasteiger partial charge in [0.1, 0.15) is 5.60 Å². The molecule has 0 radical (unpaired) electrons. The summed E-state index contributed by atoms with van der Waals surface area (Å²) in [6.07, 6.45) is 0. The summed E-state index contributed by atoms with van der Waals surface area (Å²) in [6.45, 7) is 5.96. The van der Waals surface area contributed by atoms with Crippen LogP contribution in [0.4, 0.5) is 5.69 Å². The number of aliphatic imine (C=N–C) groups is 1. The number of hydrogen-bond acceptors (Lipinski definition) is 3. The average Bonchev–Trinajstić information content (AvgIpc) is 2.77. The molecule has 152 valence electrons. The van der Waals surface area contributed by atoms with E-state index in [2.05, 4.69) is 29.6 Å². The predicted molar refractivity (Wildman–Crippen MR) is 120 cm³/mol. The third-order valence-corrected chi connectivity index (χ3v) is 5.48. The summed E-state index contributed by atoms with van der Waals surface area (Å²) in [7, 11) is 0. The van der Waals surface area contributed by atoms with Gasteiger partial charge in [0, 0.05) is 11.1 Å². The largest absolute Gasteiger partial charge is 0.363 e. The standard InChI is InChI=1S/C26H26N2O2/c1-25(2)24(29)28-26(3,18-30-25)21-15-10-16-22(17-21)27-23(19-11-6-4-7-12-19)20-13-8-5-9-14-20/h4-17H,18H2,1-3H3,(H,28,29). The summed E-state index contributed by atoms with van der Waals surface area (Å²) in [6, 6.07) is 28.3. The van der Waals surface area contributed by atoms with Crippen LogP contribution in [0.1, 0.15) is 37.5 Å². The lowest BCUT2D eigenvalue weighted by Crippen LogP contribution is -2.60. The molecule has 1 atom stereocenters. The van der Waals surface area contributed by atoms with Gasteiger partial charge in [0.25, 0.3) is 5.91 Å². The van der Waals surface area contributed by atoms with Gasteiger partial charge < -0.3 is 10.1 Å². The van der Waals surface area contributed by atoms with Crippen molar-refractivity contribution in [1.29, 1.82) is 0 Å². The minimum absolute atomic E-state index is 0.112. The van der Waals surface area contributed by atoms with Crippen LogP contribution in [0.5, 0.6) is 0 Å². The fourth-order valence-electron chi connectivity index (χ4n) is 3.52. The van der Waals surface area contributed by atoms with Crippen LogP contribution < -0.4 is 5.32 Å². The second-order valence-corrected chi connectivity index (χ2v) is 8.33. The van der Waals surface area contributed by atoms with Crippen LogP contribution in [-0.4, -0.2) is 23.8 Å². The molecular formula is C26H26N2O2. The minimum atomic E-state index is -0.816. The van der Waals surface area contributed by atoms with Gasteiger partial charge in [0.2, 0.25) is 0 Å². The van der Waals surface area contributed by atoms with E-state index in [1.807, 2.05) is 67.6 Å². The molecular weight excluding hydrogens is 372 g/mol. The van der Waals surface area contributed by atoms with Crippen LogP contribution >= 0.6 is 0 Å². The molecule has 0 aliphatic carbocycles. The second kappa shape index (κ2) is 7.88. The molecule has 1 N–H and O–H groups in total. The molecule has 4 nitrogen and oxygen atoms in total. The average molecular weight is 399 g/mol. The van der Waals surface area contributed by atoms with Crippen molar-refractivity contribution in [3.8, 4) is 0 Å². The zero-order valence-corrected chi connectivity index (χ0v) is 17.6. The summed E-state index contributed by atoms with van der Waals surface area (Å²) < 4.78 is 5.86. The number of nitrogens with one attached hydrogen (secondary N) is 1. The zero-order chi connectivity index (χ0) is 21.2. The first kappa shape index (κ1) is 20.0. The number of carbonyl (C=O) groups is 1. The molecule has 3 aromatic carbocycles. The molecule has 0 saturated carbocycles. The predicted octanol–water partition coefficient (Wildman–Crippen LogP) is 5.00. The number of carbonyl (C=O) groups excluding carboxylic acids is 1. The number of benzene rings is 3. The van der Waals surface area contributed by atoms with Gasteiger partial charge >= 0.3 is 0 Å². The smallest absolute Gasteiger partial charge is 0.252 e. The molecule has 3 aromatic rings. The van der Waals surface area contributed by atoms with Crippen LogP contribution in [-0.2, 0) is 15.1 Å². The Hall–Kier alpha value is -3.24. The Balaban J connectivity index is 1.74. The number of hydrogen-bond donors (Lipinski definition) is 1. The molecule has 1 unspecified atom stereocenters. The van der Waals surface area contributed by atoms with Crippen LogP contribution in [0.15, 0.2) is 89.9 Å². The van der Waals surface area contributed by atoms with E-state index in [0.717, 1.165) is 28.1 Å². The van der Waals surface area contributed by atoms with Gasteiger partial charge in [-0.1, -0.05) is 72.8 Å². The van der Waals surface area contributed by atoms with E-state index < -0.39 is 11.1 Å². The number of morpholine rings is 1. The molecule has 4 heteroatoms. The maximum absolute atomic E-state index is 12.5. The lowest BCUT2D eigenvalue weighted by atomic mass is 9.89. The van der Waals surface area contributed by atoms with E-state index in [9.17, 15) is 4.79 Å². The summed E-state index contributed by atoms with van der Waals surface area (Å²) in [4.78, 5) is 17.5. The van der Waals surface area contributed by atoms with E-state index in [4.69, 9.17) is 9.73 Å². The van der Waals surface area contributed by atoms with Crippen molar-refractivity contribution in [2.24, 2.45) is 4.99 Å². The van der Waals surface area contributed by atoms with E-state index in [-0.39, 0.29) is 5.91 Å². The van der Waals surface area contributed by atoms with E-state index in [1.165, 1.54) is 0 Å². The molecule has 1 fully saturated rings. The molecule has 0 aromatic heterocycles. The third-order valence-electron chi connectivity index (χ3n) is 5.48. The Bertz CT molecular complexity index is 1030. The van der Waals surface area contributed by atoms with Crippen LogP contribution in [0.3, 0.4) is 0 Å². The highest BCUT2D eigenvalue weighted by Crippen LogP contribution is 2.31. The lowest BCUT2D eigenvalue weighted by molar-refractivity contribution is -0.159. The molecule has 1 saturated heterocycles. The van der Waals surface area contributed by atoms with Crippen molar-refractivity contribution in [2.75, 3.05) is 6.61 Å². The SMILES string of the molecule is CC1(C)OCC(C)(c2cccc(N=C(c3ccccc3)c3ccccc3)c2)NC1=O. The normalized spacial score (nSPS) is 20.3. The Kier molecular flexibility index (Phi) is 5.27. The van der Waals surface area contributed by atoms with Gasteiger partial charge in [-0.3, -0.25) is 4.79 Å². The number of rotatable bonds is 4. The maximum Gasteiger partial charge on any atom is 0.252 e. The first-order valence-electron chi connectivity index (χ1n) is 10.1. The van der Waals surface area contributed by atoms with E-state index in [0.29, 0.717) is 6.61 Å². The van der Waals surface area contributed by atoms with Crippen molar-refractivity contribution < 1.29 is 9.53 Å². The van der Waals surface area contributed by atoms with Crippen LogP contribution in [0.25, 0.3) is 0 Å². The van der Waals surface area contributed by atoms with Crippen molar-refractivity contribution in [2.45, 2.75) is 31.9 Å². The Labute approximate surface area is 177 Å². The topological polar surface area (TPSA) is 50.7 Å². The van der Waals surface area contributed by atoms with Gasteiger partial charge in [-0.05, 0) is 38.5 Å². The molecule has 1 amide bonds. The van der Waals surface area contributed by atoms with Crippen LogP contribution in [0.2, 0.25) is 0 Å². The first-order valence-corrected chi connectivity index (χ1v) is 10.1. The Morgan fingerprint density at radius 1 is 0.867 bits per heavy atom. The summed E-state index contributed by atoms with van der Waals surface area (Å²) in [5.41, 5.74) is 3.39. The molecule has 0 spiro atoms. The highest BCUT2D eigenvalue weighted by Gasteiger charge is 2.42. The van der Waals surface area contributed by atoms with Gasteiger partial charge in [-0.25, -0.2) is 4.99 Å². The molecule has 1 aliphatic heterocycles. The minimum Gasteiger partial charge on any atom is -0.363 e. The third kappa shape index (κ3) is 4.05. The van der Waals surface area contributed by atoms with Gasteiger partial charge in [0.15, 0.2) is 0 Å². The number of amides is 1. The quantitative estimate of drug-likeness (QED) is 0.629. The molecule has 0 bridgehead atoms. The summed E-state index contributed by atoms with van der Waals surface area (Å²) in [5, 5.41) is 3.13. The highest BCUT2D eigenvalue weighted by molar-refractivity contribution is 6.13. The van der Waals surface area contributed by atoms with Crippen molar-refractivity contribution in [1.82, 2.24) is 5.32 Å². The van der Waals surface area contributed by atoms with Gasteiger partial charge in [-0.15, -0.1) is 0 Å². The zero-order valence-electron chi connectivity index (χ0n) is 17.6. The van der Waals surface area contributed by atoms with Crippen LogP contribution in [0, 0.1) is 0 Å².